The van der Waals surface area contributed by atoms with E-state index in [1.807, 2.05) is 49.4 Å². The zero-order valence-corrected chi connectivity index (χ0v) is 15.9. The second kappa shape index (κ2) is 7.90. The molecular formula is C23H23NO4. The number of aromatic hydroxyl groups is 1. The van der Waals surface area contributed by atoms with Gasteiger partial charge in [-0.2, -0.15) is 0 Å². The van der Waals surface area contributed by atoms with Gasteiger partial charge in [-0.05, 0) is 47.0 Å². The fraction of sp³-hybridized carbons (Fsp3) is 0.261. The SMILES string of the molecule is Cc1cc(-c2c(OCC(=O)N3CCOCC3)ccc3ccccc23)ccc1O. The van der Waals surface area contributed by atoms with Gasteiger partial charge in [-0.1, -0.05) is 36.4 Å². The fourth-order valence-electron chi connectivity index (χ4n) is 3.52. The van der Waals surface area contributed by atoms with Crippen molar-refractivity contribution in [1.29, 1.82) is 0 Å². The Morgan fingerprint density at radius 1 is 1.11 bits per heavy atom. The zero-order chi connectivity index (χ0) is 19.5. The van der Waals surface area contributed by atoms with Crippen LogP contribution in [0.5, 0.6) is 11.5 Å². The third-order valence-corrected chi connectivity index (χ3v) is 5.09. The molecule has 3 aromatic rings. The van der Waals surface area contributed by atoms with Crippen LogP contribution in [0.3, 0.4) is 0 Å². The summed E-state index contributed by atoms with van der Waals surface area (Å²) in [4.78, 5) is 14.3. The maximum absolute atomic E-state index is 12.5. The van der Waals surface area contributed by atoms with Crippen LogP contribution in [0.15, 0.2) is 54.6 Å². The summed E-state index contributed by atoms with van der Waals surface area (Å²) in [7, 11) is 0. The van der Waals surface area contributed by atoms with Crippen molar-refractivity contribution in [2.45, 2.75) is 6.92 Å². The number of rotatable bonds is 4. The first kappa shape index (κ1) is 18.3. The first-order valence-electron chi connectivity index (χ1n) is 9.43. The summed E-state index contributed by atoms with van der Waals surface area (Å²) in [6.45, 7) is 4.20. The molecule has 0 spiro atoms. The Kier molecular flexibility index (Phi) is 5.17. The summed E-state index contributed by atoms with van der Waals surface area (Å²) in [5.74, 6) is 0.878. The smallest absolute Gasteiger partial charge is 0.260 e. The van der Waals surface area contributed by atoms with Gasteiger partial charge in [0.1, 0.15) is 11.5 Å². The van der Waals surface area contributed by atoms with E-state index >= 15 is 0 Å². The van der Waals surface area contributed by atoms with Gasteiger partial charge in [-0.25, -0.2) is 0 Å². The van der Waals surface area contributed by atoms with E-state index in [-0.39, 0.29) is 18.3 Å². The predicted molar refractivity (Wildman–Crippen MR) is 109 cm³/mol. The Morgan fingerprint density at radius 3 is 2.68 bits per heavy atom. The third kappa shape index (κ3) is 3.66. The van der Waals surface area contributed by atoms with Crippen LogP contribution >= 0.6 is 0 Å². The zero-order valence-electron chi connectivity index (χ0n) is 15.9. The van der Waals surface area contributed by atoms with E-state index in [0.29, 0.717) is 32.1 Å². The molecule has 0 aliphatic carbocycles. The van der Waals surface area contributed by atoms with Crippen molar-refractivity contribution in [2.75, 3.05) is 32.9 Å². The van der Waals surface area contributed by atoms with Crippen LogP contribution in [0, 0.1) is 6.92 Å². The third-order valence-electron chi connectivity index (χ3n) is 5.09. The Bertz CT molecular complexity index is 1010. The standard InChI is InChI=1S/C23H23NO4/c1-16-14-18(6-8-20(16)25)23-19-5-3-2-4-17(19)7-9-21(23)28-15-22(26)24-10-12-27-13-11-24/h2-9,14,25H,10-13,15H2,1H3. The molecular weight excluding hydrogens is 354 g/mol. The van der Waals surface area contributed by atoms with Gasteiger partial charge in [0.2, 0.25) is 0 Å². The summed E-state index contributed by atoms with van der Waals surface area (Å²) < 4.78 is 11.3. The molecule has 1 aliphatic heterocycles. The number of phenols is 1. The number of hydrogen-bond acceptors (Lipinski definition) is 4. The highest BCUT2D eigenvalue weighted by molar-refractivity contribution is 6.00. The number of amides is 1. The molecule has 1 amide bonds. The lowest BCUT2D eigenvalue weighted by Crippen LogP contribution is -2.43. The highest BCUT2D eigenvalue weighted by atomic mass is 16.5. The quantitative estimate of drug-likeness (QED) is 0.752. The summed E-state index contributed by atoms with van der Waals surface area (Å²) in [6, 6.07) is 17.5. The van der Waals surface area contributed by atoms with Gasteiger partial charge < -0.3 is 19.5 Å². The average molecular weight is 377 g/mol. The molecule has 28 heavy (non-hydrogen) atoms. The monoisotopic (exact) mass is 377 g/mol. The van der Waals surface area contributed by atoms with Crippen LogP contribution in [0.4, 0.5) is 0 Å². The minimum Gasteiger partial charge on any atom is -0.508 e. The lowest BCUT2D eigenvalue weighted by Gasteiger charge is -2.27. The molecule has 3 aromatic carbocycles. The van der Waals surface area contributed by atoms with Crippen molar-refractivity contribution in [3.05, 3.63) is 60.2 Å². The first-order valence-corrected chi connectivity index (χ1v) is 9.43. The number of fused-ring (bicyclic) bond motifs is 1. The minimum atomic E-state index is -0.0377. The molecule has 1 fully saturated rings. The van der Waals surface area contributed by atoms with Gasteiger partial charge in [-0.3, -0.25) is 4.79 Å². The number of carbonyl (C=O) groups is 1. The van der Waals surface area contributed by atoms with Crippen LogP contribution in [0.25, 0.3) is 21.9 Å². The molecule has 0 radical (unpaired) electrons. The predicted octanol–water partition coefficient (Wildman–Crippen LogP) is 3.76. The Hall–Kier alpha value is -3.05. The highest BCUT2D eigenvalue weighted by Crippen LogP contribution is 2.38. The van der Waals surface area contributed by atoms with Gasteiger partial charge in [0.05, 0.1) is 13.2 Å². The van der Waals surface area contributed by atoms with Gasteiger partial charge in [0, 0.05) is 18.7 Å². The average Bonchev–Trinajstić information content (AvgIpc) is 2.74. The molecule has 5 heteroatoms. The van der Waals surface area contributed by atoms with Crippen molar-refractivity contribution in [3.8, 4) is 22.6 Å². The van der Waals surface area contributed by atoms with Gasteiger partial charge >= 0.3 is 0 Å². The first-order chi connectivity index (χ1) is 13.6. The lowest BCUT2D eigenvalue weighted by atomic mass is 9.96. The van der Waals surface area contributed by atoms with Crippen molar-refractivity contribution in [1.82, 2.24) is 4.90 Å². The molecule has 1 N–H and O–H groups in total. The Balaban J connectivity index is 1.69. The van der Waals surface area contributed by atoms with E-state index in [1.54, 1.807) is 11.0 Å². The van der Waals surface area contributed by atoms with Crippen LogP contribution in [-0.4, -0.2) is 48.8 Å². The molecule has 1 saturated heterocycles. The molecule has 4 rings (SSSR count). The van der Waals surface area contributed by atoms with Crippen molar-refractivity contribution in [3.63, 3.8) is 0 Å². The molecule has 0 aromatic heterocycles. The Labute approximate surface area is 164 Å². The van der Waals surface area contributed by atoms with E-state index in [0.717, 1.165) is 27.5 Å². The summed E-state index contributed by atoms with van der Waals surface area (Å²) in [6.07, 6.45) is 0. The molecule has 0 bridgehead atoms. The maximum atomic E-state index is 12.5. The number of aryl methyl sites for hydroxylation is 1. The number of ether oxygens (including phenoxy) is 2. The number of hydrogen-bond donors (Lipinski definition) is 1. The van der Waals surface area contributed by atoms with Crippen molar-refractivity contribution >= 4 is 16.7 Å². The summed E-state index contributed by atoms with van der Waals surface area (Å²) >= 11 is 0. The van der Waals surface area contributed by atoms with E-state index in [4.69, 9.17) is 9.47 Å². The summed E-state index contributed by atoms with van der Waals surface area (Å²) in [5, 5.41) is 12.0. The number of phenolic OH excluding ortho intramolecular Hbond substituents is 1. The molecule has 5 nitrogen and oxygen atoms in total. The molecule has 0 atom stereocenters. The molecule has 1 heterocycles. The van der Waals surface area contributed by atoms with E-state index in [1.165, 1.54) is 0 Å². The molecule has 0 unspecified atom stereocenters. The Morgan fingerprint density at radius 2 is 1.89 bits per heavy atom. The summed E-state index contributed by atoms with van der Waals surface area (Å²) in [5.41, 5.74) is 2.66. The fourth-order valence-corrected chi connectivity index (χ4v) is 3.52. The number of carbonyl (C=O) groups excluding carboxylic acids is 1. The second-order valence-corrected chi connectivity index (χ2v) is 6.94. The maximum Gasteiger partial charge on any atom is 0.260 e. The van der Waals surface area contributed by atoms with E-state index < -0.39 is 0 Å². The number of morpholine rings is 1. The largest absolute Gasteiger partial charge is 0.508 e. The lowest BCUT2D eigenvalue weighted by molar-refractivity contribution is -0.137. The van der Waals surface area contributed by atoms with Gasteiger partial charge in [-0.15, -0.1) is 0 Å². The normalized spacial score (nSPS) is 14.2. The van der Waals surface area contributed by atoms with Crippen LogP contribution in [0.1, 0.15) is 5.56 Å². The van der Waals surface area contributed by atoms with Gasteiger partial charge in [0.15, 0.2) is 6.61 Å². The molecule has 144 valence electrons. The minimum absolute atomic E-state index is 0.0115. The van der Waals surface area contributed by atoms with Crippen molar-refractivity contribution < 1.29 is 19.4 Å². The van der Waals surface area contributed by atoms with Crippen LogP contribution in [0.2, 0.25) is 0 Å². The molecule has 0 saturated carbocycles. The molecule has 1 aliphatic rings. The number of benzene rings is 3. The van der Waals surface area contributed by atoms with Crippen LogP contribution in [-0.2, 0) is 9.53 Å². The van der Waals surface area contributed by atoms with E-state index in [2.05, 4.69) is 6.07 Å². The van der Waals surface area contributed by atoms with E-state index in [9.17, 15) is 9.90 Å². The van der Waals surface area contributed by atoms with Crippen molar-refractivity contribution in [2.24, 2.45) is 0 Å². The topological polar surface area (TPSA) is 59.0 Å². The second-order valence-electron chi connectivity index (χ2n) is 6.94. The number of nitrogens with zero attached hydrogens (tertiary/aromatic N) is 1. The van der Waals surface area contributed by atoms with Crippen LogP contribution < -0.4 is 4.74 Å². The van der Waals surface area contributed by atoms with Gasteiger partial charge in [0.25, 0.3) is 5.91 Å². The highest BCUT2D eigenvalue weighted by Gasteiger charge is 2.19.